The van der Waals surface area contributed by atoms with Crippen molar-refractivity contribution in [2.75, 3.05) is 5.73 Å². The van der Waals surface area contributed by atoms with Gasteiger partial charge < -0.3 is 10.5 Å². The number of aromatic nitrogens is 1. The lowest BCUT2D eigenvalue weighted by Crippen LogP contribution is -2.02. The first-order chi connectivity index (χ1) is 9.40. The minimum Gasteiger partial charge on any atom is -0.427 e. The van der Waals surface area contributed by atoms with Crippen LogP contribution < -0.4 is 10.5 Å². The fraction of sp³-hybridized carbons (Fsp3) is 0. The number of para-hydroxylation sites is 1. The molecule has 0 amide bonds. The van der Waals surface area contributed by atoms with Gasteiger partial charge in [-0.3, -0.25) is 10.1 Å². The first-order valence-electron chi connectivity index (χ1n) is 5.12. The predicted molar refractivity (Wildman–Crippen MR) is 66.7 cm³/mol. The molecule has 0 spiro atoms. The Hall–Kier alpha value is -2.48. The highest BCUT2D eigenvalue weighted by molar-refractivity contribution is 6.32. The van der Waals surface area contributed by atoms with E-state index in [4.69, 9.17) is 22.1 Å². The first kappa shape index (κ1) is 13.9. The molecule has 0 saturated heterocycles. The summed E-state index contributed by atoms with van der Waals surface area (Å²) < 4.78 is 31.4. The van der Waals surface area contributed by atoms with Gasteiger partial charge in [-0.05, 0) is 6.07 Å². The second-order valence-electron chi connectivity index (χ2n) is 3.59. The molecule has 0 saturated carbocycles. The number of ether oxygens (including phenoxy) is 1. The number of hydrogen-bond donors (Lipinski definition) is 1. The van der Waals surface area contributed by atoms with E-state index in [2.05, 4.69) is 4.98 Å². The van der Waals surface area contributed by atoms with Crippen LogP contribution in [0.4, 0.5) is 20.3 Å². The van der Waals surface area contributed by atoms with Crippen LogP contribution in [0.25, 0.3) is 0 Å². The molecule has 6 nitrogen and oxygen atoms in total. The van der Waals surface area contributed by atoms with E-state index in [0.29, 0.717) is 6.07 Å². The van der Waals surface area contributed by atoms with E-state index in [1.165, 1.54) is 12.1 Å². The molecule has 0 bridgehead atoms. The Morgan fingerprint density at radius 1 is 1.35 bits per heavy atom. The summed E-state index contributed by atoms with van der Waals surface area (Å²) in [6, 6.07) is 4.22. The molecular formula is C11H6ClF2N3O3. The Labute approximate surface area is 115 Å². The Kier molecular flexibility index (Phi) is 3.66. The van der Waals surface area contributed by atoms with Crippen LogP contribution in [-0.2, 0) is 0 Å². The Balaban J connectivity index is 2.50. The van der Waals surface area contributed by atoms with Gasteiger partial charge in [-0.25, -0.2) is 8.78 Å². The highest BCUT2D eigenvalue weighted by Crippen LogP contribution is 2.38. The van der Waals surface area contributed by atoms with E-state index in [1.54, 1.807) is 0 Å². The zero-order valence-electron chi connectivity index (χ0n) is 9.64. The molecule has 0 aliphatic rings. The molecule has 2 N–H and O–H groups in total. The van der Waals surface area contributed by atoms with E-state index in [-0.39, 0.29) is 5.02 Å². The molecule has 1 heterocycles. The number of nitrogens with zero attached hydrogens (tertiary/aromatic N) is 2. The Morgan fingerprint density at radius 3 is 2.70 bits per heavy atom. The van der Waals surface area contributed by atoms with Gasteiger partial charge in [-0.2, -0.15) is 4.98 Å². The monoisotopic (exact) mass is 301 g/mol. The van der Waals surface area contributed by atoms with Crippen LogP contribution in [0.3, 0.4) is 0 Å². The normalized spacial score (nSPS) is 10.3. The van der Waals surface area contributed by atoms with Crippen LogP contribution in [0.5, 0.6) is 11.6 Å². The van der Waals surface area contributed by atoms with Crippen LogP contribution in [-0.4, -0.2) is 9.91 Å². The number of rotatable bonds is 3. The van der Waals surface area contributed by atoms with E-state index in [9.17, 15) is 18.9 Å². The molecule has 0 fully saturated rings. The molecule has 2 rings (SSSR count). The Morgan fingerprint density at radius 2 is 2.05 bits per heavy atom. The average Bonchev–Trinajstić information content (AvgIpc) is 2.37. The lowest BCUT2D eigenvalue weighted by Gasteiger charge is -2.08. The van der Waals surface area contributed by atoms with Gasteiger partial charge >= 0.3 is 5.69 Å². The maximum atomic E-state index is 13.5. The van der Waals surface area contributed by atoms with Crippen molar-refractivity contribution in [2.45, 2.75) is 0 Å². The van der Waals surface area contributed by atoms with Gasteiger partial charge in [0.25, 0.3) is 5.88 Å². The van der Waals surface area contributed by atoms with E-state index in [1.807, 2.05) is 0 Å². The van der Waals surface area contributed by atoms with Gasteiger partial charge in [0.1, 0.15) is 0 Å². The number of pyridine rings is 1. The topological polar surface area (TPSA) is 91.3 Å². The van der Waals surface area contributed by atoms with Crippen LogP contribution in [0.1, 0.15) is 0 Å². The fourth-order valence-corrected chi connectivity index (χ4v) is 1.58. The lowest BCUT2D eigenvalue weighted by atomic mass is 10.3. The lowest BCUT2D eigenvalue weighted by molar-refractivity contribution is -0.385. The largest absolute Gasteiger partial charge is 0.427 e. The molecule has 0 aliphatic carbocycles. The summed E-state index contributed by atoms with van der Waals surface area (Å²) >= 11 is 5.76. The molecule has 2 aromatic rings. The number of nitrogens with two attached hydrogens (primary N) is 1. The smallest absolute Gasteiger partial charge is 0.313 e. The van der Waals surface area contributed by atoms with Crippen molar-refractivity contribution < 1.29 is 18.4 Å². The molecular weight excluding hydrogens is 296 g/mol. The quantitative estimate of drug-likeness (QED) is 0.693. The molecule has 0 atom stereocenters. The SMILES string of the molecule is Nc1nc(Oc2c(Cl)cccc2[N+](=O)[O-])c(F)cc1F. The van der Waals surface area contributed by atoms with Gasteiger partial charge in [-0.15, -0.1) is 0 Å². The standard InChI is InChI=1S/C11H6ClF2N3O3/c12-5-2-1-3-8(17(18)19)9(5)20-11-7(14)4-6(13)10(15)16-11/h1-4H,(H2,15,16). The van der Waals surface area contributed by atoms with Crippen LogP contribution in [0.15, 0.2) is 24.3 Å². The van der Waals surface area contributed by atoms with Crippen molar-refractivity contribution >= 4 is 23.1 Å². The molecule has 0 radical (unpaired) electrons. The number of halogens is 3. The summed E-state index contributed by atoms with van der Waals surface area (Å²) in [7, 11) is 0. The summed E-state index contributed by atoms with van der Waals surface area (Å²) in [5, 5.41) is 10.7. The van der Waals surface area contributed by atoms with Crippen molar-refractivity contribution in [1.82, 2.24) is 4.98 Å². The van der Waals surface area contributed by atoms with Gasteiger partial charge in [0.2, 0.25) is 5.75 Å². The van der Waals surface area contributed by atoms with Crippen molar-refractivity contribution in [3.8, 4) is 11.6 Å². The maximum absolute atomic E-state index is 13.5. The van der Waals surface area contributed by atoms with E-state index in [0.717, 1.165) is 6.07 Å². The second kappa shape index (κ2) is 5.25. The van der Waals surface area contributed by atoms with Crippen molar-refractivity contribution in [3.05, 3.63) is 51.0 Å². The predicted octanol–water partition coefficient (Wildman–Crippen LogP) is 3.30. The summed E-state index contributed by atoms with van der Waals surface area (Å²) in [6.07, 6.45) is 0. The minimum absolute atomic E-state index is 0.122. The number of benzene rings is 1. The number of nitrogen functional groups attached to an aromatic ring is 1. The summed E-state index contributed by atoms with van der Waals surface area (Å²) in [5.41, 5.74) is 4.69. The third-order valence-electron chi connectivity index (χ3n) is 2.27. The first-order valence-corrected chi connectivity index (χ1v) is 5.50. The van der Waals surface area contributed by atoms with Crippen LogP contribution in [0, 0.1) is 21.7 Å². The van der Waals surface area contributed by atoms with Gasteiger partial charge in [0.05, 0.1) is 9.95 Å². The van der Waals surface area contributed by atoms with Crippen molar-refractivity contribution in [1.29, 1.82) is 0 Å². The van der Waals surface area contributed by atoms with Crippen LogP contribution >= 0.6 is 11.6 Å². The molecule has 0 unspecified atom stereocenters. The minimum atomic E-state index is -1.16. The van der Waals surface area contributed by atoms with Gasteiger partial charge in [0, 0.05) is 12.1 Å². The average molecular weight is 302 g/mol. The molecule has 1 aromatic heterocycles. The van der Waals surface area contributed by atoms with Crippen molar-refractivity contribution in [2.24, 2.45) is 0 Å². The third-order valence-corrected chi connectivity index (χ3v) is 2.56. The summed E-state index contributed by atoms with van der Waals surface area (Å²) in [4.78, 5) is 13.4. The Bertz CT molecular complexity index is 697. The molecule has 9 heteroatoms. The van der Waals surface area contributed by atoms with E-state index < -0.39 is 39.7 Å². The summed E-state index contributed by atoms with van der Waals surface area (Å²) in [5.74, 6) is -3.94. The zero-order valence-corrected chi connectivity index (χ0v) is 10.4. The summed E-state index contributed by atoms with van der Waals surface area (Å²) in [6.45, 7) is 0. The highest BCUT2D eigenvalue weighted by Gasteiger charge is 2.22. The van der Waals surface area contributed by atoms with Gasteiger partial charge in [-0.1, -0.05) is 17.7 Å². The number of nitro benzene ring substituents is 1. The zero-order chi connectivity index (χ0) is 14.9. The number of anilines is 1. The fourth-order valence-electron chi connectivity index (χ4n) is 1.37. The maximum Gasteiger partial charge on any atom is 0.313 e. The molecule has 104 valence electrons. The molecule has 20 heavy (non-hydrogen) atoms. The molecule has 0 aliphatic heterocycles. The van der Waals surface area contributed by atoms with Crippen LogP contribution in [0.2, 0.25) is 5.02 Å². The highest BCUT2D eigenvalue weighted by atomic mass is 35.5. The van der Waals surface area contributed by atoms with Crippen molar-refractivity contribution in [3.63, 3.8) is 0 Å². The van der Waals surface area contributed by atoms with E-state index >= 15 is 0 Å². The van der Waals surface area contributed by atoms with Gasteiger partial charge in [0.15, 0.2) is 17.5 Å². The number of hydrogen-bond acceptors (Lipinski definition) is 5. The molecule has 1 aromatic carbocycles. The third kappa shape index (κ3) is 2.59. The second-order valence-corrected chi connectivity index (χ2v) is 4.00. The number of nitro groups is 1.